The molecule has 0 fully saturated rings. The summed E-state index contributed by atoms with van der Waals surface area (Å²) in [6.07, 6.45) is 0. The number of rotatable bonds is 8. The second-order valence-electron chi connectivity index (χ2n) is 5.93. The van der Waals surface area contributed by atoms with Gasteiger partial charge in [0.05, 0.1) is 24.0 Å². The van der Waals surface area contributed by atoms with Gasteiger partial charge in [0.1, 0.15) is 0 Å². The molecule has 0 aliphatic rings. The van der Waals surface area contributed by atoms with Gasteiger partial charge < -0.3 is 19.3 Å². The van der Waals surface area contributed by atoms with Crippen molar-refractivity contribution in [2.75, 3.05) is 26.9 Å². The third-order valence-corrected chi connectivity index (χ3v) is 4.79. The third-order valence-electron chi connectivity index (χ3n) is 2.85. The maximum atomic E-state index is 11.0. The number of carbonyl (C=O) groups is 2. The fourth-order valence-corrected chi connectivity index (χ4v) is 2.27. The Morgan fingerprint density at radius 1 is 1.00 bits per heavy atom. The van der Waals surface area contributed by atoms with Gasteiger partial charge in [-0.25, -0.2) is 0 Å². The lowest BCUT2D eigenvalue weighted by molar-refractivity contribution is -0.148. The molecule has 0 aliphatic heterocycles. The van der Waals surface area contributed by atoms with Gasteiger partial charge in [-0.15, -0.1) is 0 Å². The van der Waals surface area contributed by atoms with Gasteiger partial charge in [-0.1, -0.05) is 7.43 Å². The van der Waals surface area contributed by atoms with E-state index < -0.39 is 30.3 Å². The van der Waals surface area contributed by atoms with Crippen LogP contribution in [-0.2, 0) is 18.6 Å². The van der Waals surface area contributed by atoms with E-state index in [-0.39, 0.29) is 20.6 Å². The molecule has 2 N–H and O–H groups in total. The Bertz CT molecular complexity index is 396. The van der Waals surface area contributed by atoms with E-state index in [2.05, 4.69) is 4.74 Å². The van der Waals surface area contributed by atoms with Crippen molar-refractivity contribution in [1.29, 1.82) is 0 Å². The van der Waals surface area contributed by atoms with Crippen LogP contribution in [0, 0.1) is 10.8 Å². The summed E-state index contributed by atoms with van der Waals surface area (Å²) in [6.45, 7) is 7.66. The van der Waals surface area contributed by atoms with Gasteiger partial charge in [0, 0.05) is 13.7 Å². The summed E-state index contributed by atoms with van der Waals surface area (Å²) in [4.78, 5) is 22.0. The van der Waals surface area contributed by atoms with Crippen LogP contribution in [0.15, 0.2) is 4.74 Å². The van der Waals surface area contributed by atoms with Gasteiger partial charge in [-0.05, 0) is 27.7 Å². The zero-order valence-corrected chi connectivity index (χ0v) is 13.7. The molecule has 0 unspecified atom stereocenters. The molecule has 0 rings (SSSR count). The number of carboxylic acid groups (broad SMARTS) is 2. The molecule has 0 heterocycles. The summed E-state index contributed by atoms with van der Waals surface area (Å²) in [7, 11) is -1.11. The van der Waals surface area contributed by atoms with E-state index in [0.29, 0.717) is 0 Å². The van der Waals surface area contributed by atoms with Crippen molar-refractivity contribution < 1.29 is 28.8 Å². The van der Waals surface area contributed by atoms with Crippen LogP contribution in [-0.4, -0.2) is 49.1 Å². The van der Waals surface area contributed by atoms with Crippen molar-refractivity contribution in [2.45, 2.75) is 35.1 Å². The summed E-state index contributed by atoms with van der Waals surface area (Å²) in [6, 6.07) is 0. The third kappa shape index (κ3) is 7.07. The van der Waals surface area contributed by atoms with Crippen LogP contribution in [0.5, 0.6) is 0 Å². The van der Waals surface area contributed by atoms with Crippen LogP contribution in [0.2, 0.25) is 0 Å². The first-order valence-corrected chi connectivity index (χ1v) is 8.12. The predicted octanol–water partition coefficient (Wildman–Crippen LogP) is 3.17. The highest BCUT2D eigenvalue weighted by Gasteiger charge is 2.33. The highest BCUT2D eigenvalue weighted by atomic mass is 31.2. The van der Waals surface area contributed by atoms with E-state index in [1.807, 2.05) is 0 Å². The molecular weight excluding hydrogens is 297 g/mol. The van der Waals surface area contributed by atoms with Crippen molar-refractivity contribution in [3.63, 3.8) is 0 Å². The Morgan fingerprint density at radius 3 is 1.48 bits per heavy atom. The first-order valence-electron chi connectivity index (χ1n) is 6.10. The van der Waals surface area contributed by atoms with E-state index in [0.717, 1.165) is 0 Å². The van der Waals surface area contributed by atoms with E-state index in [9.17, 15) is 9.59 Å². The molecule has 0 amide bonds. The van der Waals surface area contributed by atoms with Crippen molar-refractivity contribution >= 4 is 19.4 Å². The van der Waals surface area contributed by atoms with Crippen LogP contribution in [0.1, 0.15) is 35.1 Å². The zero-order chi connectivity index (χ0) is 16.2. The normalized spacial score (nSPS) is 12.5. The van der Waals surface area contributed by atoms with E-state index in [1.54, 1.807) is 6.66 Å². The van der Waals surface area contributed by atoms with Crippen molar-refractivity contribution in [1.82, 2.24) is 0 Å². The molecule has 0 bridgehead atoms. The standard InChI is InChI=1S/C12H24NO6P.CH4/c1-11(2,9(14)15)7-18-20(6,13-5)19-8-12(3,4)10(16)17;/h7-8H2,1-6H3,(H,14,15)(H,16,17);1H4. The lowest BCUT2D eigenvalue weighted by Crippen LogP contribution is -2.30. The second-order valence-corrected chi connectivity index (χ2v) is 8.45. The monoisotopic (exact) mass is 325 g/mol. The fourth-order valence-electron chi connectivity index (χ4n) is 0.839. The summed E-state index contributed by atoms with van der Waals surface area (Å²) in [5, 5.41) is 18.1. The Kier molecular flexibility index (Phi) is 8.43. The maximum absolute atomic E-state index is 11.0. The molecule has 0 aromatic heterocycles. The molecule has 0 aliphatic carbocycles. The molecule has 0 atom stereocenters. The molecule has 0 saturated heterocycles. The minimum absolute atomic E-state index is 0. The van der Waals surface area contributed by atoms with E-state index >= 15 is 0 Å². The predicted molar refractivity (Wildman–Crippen MR) is 82.7 cm³/mol. The number of hydrogen-bond acceptors (Lipinski definition) is 5. The zero-order valence-electron chi connectivity index (χ0n) is 12.8. The average molecular weight is 325 g/mol. The molecule has 126 valence electrons. The fraction of sp³-hybridized carbons (Fsp3) is 0.846. The molecule has 0 saturated carbocycles. The van der Waals surface area contributed by atoms with E-state index in [1.165, 1.54) is 34.7 Å². The maximum Gasteiger partial charge on any atom is 0.311 e. The summed E-state index contributed by atoms with van der Waals surface area (Å²) < 4.78 is 15.1. The molecular formula is C13H28NO6P. The summed E-state index contributed by atoms with van der Waals surface area (Å²) >= 11 is 0. The van der Waals surface area contributed by atoms with Crippen molar-refractivity contribution in [2.24, 2.45) is 15.6 Å². The summed E-state index contributed by atoms with van der Waals surface area (Å²) in [5.74, 6) is -1.96. The largest absolute Gasteiger partial charge is 0.481 e. The van der Waals surface area contributed by atoms with Gasteiger partial charge in [0.15, 0.2) is 0 Å². The van der Waals surface area contributed by atoms with Crippen LogP contribution in [0.3, 0.4) is 0 Å². The first-order chi connectivity index (χ1) is 8.86. The Hall–Kier alpha value is -0.910. The van der Waals surface area contributed by atoms with Crippen LogP contribution >= 0.6 is 7.51 Å². The second kappa shape index (κ2) is 7.92. The van der Waals surface area contributed by atoms with Gasteiger partial charge in [0.2, 0.25) is 7.51 Å². The lowest BCUT2D eigenvalue weighted by atomic mass is 9.96. The quantitative estimate of drug-likeness (QED) is 0.664. The average Bonchev–Trinajstić information content (AvgIpc) is 2.34. The molecule has 0 aromatic rings. The molecule has 7 nitrogen and oxygen atoms in total. The van der Waals surface area contributed by atoms with Crippen molar-refractivity contribution in [3.05, 3.63) is 0 Å². The SMILES string of the molecule is C.CN=P(C)(OCC(C)(C)C(=O)O)OCC(C)(C)C(=O)O. The number of hydrogen-bond donors (Lipinski definition) is 2. The summed E-state index contributed by atoms with van der Waals surface area (Å²) in [5.41, 5.74) is -2.12. The van der Waals surface area contributed by atoms with Gasteiger partial charge >= 0.3 is 11.9 Å². The molecule has 0 aromatic carbocycles. The van der Waals surface area contributed by atoms with Gasteiger partial charge in [-0.3, -0.25) is 14.3 Å². The Morgan fingerprint density at radius 2 is 1.29 bits per heavy atom. The van der Waals surface area contributed by atoms with Crippen LogP contribution in [0.4, 0.5) is 0 Å². The molecule has 8 heteroatoms. The topological polar surface area (TPSA) is 105 Å². The number of aliphatic carboxylic acids is 2. The highest BCUT2D eigenvalue weighted by molar-refractivity contribution is 7.55. The lowest BCUT2D eigenvalue weighted by Gasteiger charge is -2.28. The Balaban J connectivity index is 0. The molecule has 0 spiro atoms. The minimum Gasteiger partial charge on any atom is -0.481 e. The van der Waals surface area contributed by atoms with Crippen LogP contribution in [0.25, 0.3) is 0 Å². The molecule has 0 radical (unpaired) electrons. The van der Waals surface area contributed by atoms with Gasteiger partial charge in [-0.2, -0.15) is 0 Å². The first kappa shape index (κ1) is 22.4. The smallest absolute Gasteiger partial charge is 0.311 e. The Labute approximate surface area is 126 Å². The number of carboxylic acids is 2. The highest BCUT2D eigenvalue weighted by Crippen LogP contribution is 2.49. The van der Waals surface area contributed by atoms with Crippen LogP contribution < -0.4 is 0 Å². The minimum atomic E-state index is -2.62. The van der Waals surface area contributed by atoms with Crippen molar-refractivity contribution in [3.8, 4) is 0 Å². The van der Waals surface area contributed by atoms with E-state index in [4.69, 9.17) is 19.3 Å². The number of nitrogens with zero attached hydrogens (tertiary/aromatic N) is 1. The molecule has 21 heavy (non-hydrogen) atoms. The van der Waals surface area contributed by atoms with Gasteiger partial charge in [0.25, 0.3) is 0 Å².